The number of rotatable bonds is 14. The molecular weight excluding hydrogens is 408 g/mol. The van der Waals surface area contributed by atoms with Crippen LogP contribution in [0.1, 0.15) is 19.3 Å². The number of nitrogens with two attached hydrogens (primary N) is 3. The van der Waals surface area contributed by atoms with Crippen molar-refractivity contribution in [2.75, 3.05) is 18.6 Å². The first-order chi connectivity index (χ1) is 13.5. The normalized spacial score (nSPS) is 13.4. The highest BCUT2D eigenvalue weighted by atomic mass is 32.2. The Morgan fingerprint density at radius 1 is 0.897 bits per heavy atom. The molecule has 0 spiro atoms. The van der Waals surface area contributed by atoms with Crippen LogP contribution in [0.5, 0.6) is 0 Å². The van der Waals surface area contributed by atoms with Crippen molar-refractivity contribution in [1.29, 1.82) is 0 Å². The molecule has 0 aromatic carbocycles. The van der Waals surface area contributed by atoms with Gasteiger partial charge in [0.15, 0.2) is 0 Å². The SMILES string of the molecule is CSCCC(N)C(=O)NC(CC(N)=O)C(=O)NC(CC(N)=O)C(=O)NCC(=O)O. The molecular formula is C15H26N6O7S. The first-order valence-electron chi connectivity index (χ1n) is 8.39. The molecule has 0 fully saturated rings. The molecule has 0 aliphatic rings. The van der Waals surface area contributed by atoms with Crippen LogP contribution in [0.3, 0.4) is 0 Å². The molecule has 0 aliphatic heterocycles. The average molecular weight is 434 g/mol. The Morgan fingerprint density at radius 2 is 1.38 bits per heavy atom. The van der Waals surface area contributed by atoms with Gasteiger partial charge in [0.2, 0.25) is 29.5 Å². The number of hydrogen-bond donors (Lipinski definition) is 7. The van der Waals surface area contributed by atoms with E-state index in [-0.39, 0.29) is 0 Å². The second kappa shape index (κ2) is 13.3. The molecule has 29 heavy (non-hydrogen) atoms. The van der Waals surface area contributed by atoms with Gasteiger partial charge in [-0.15, -0.1) is 0 Å². The number of primary amides is 2. The standard InChI is InChI=1S/C15H26N6O7S/c1-29-3-2-7(16)13(26)20-9(5-11(18)23)15(28)21-8(4-10(17)22)14(27)19-6-12(24)25/h7-9H,2-6,16H2,1H3,(H2,17,22)(H2,18,23)(H,19,27)(H,20,26)(H,21,28)(H,24,25). The minimum atomic E-state index is -1.52. The second-order valence-corrected chi connectivity index (χ2v) is 6.95. The topological polar surface area (TPSA) is 237 Å². The highest BCUT2D eigenvalue weighted by molar-refractivity contribution is 7.98. The Hall–Kier alpha value is -2.87. The average Bonchev–Trinajstić information content (AvgIpc) is 2.61. The summed E-state index contributed by atoms with van der Waals surface area (Å²) in [4.78, 5) is 69.6. The van der Waals surface area contributed by atoms with E-state index in [1.807, 2.05) is 11.6 Å². The van der Waals surface area contributed by atoms with E-state index in [1.165, 1.54) is 11.8 Å². The minimum Gasteiger partial charge on any atom is -0.480 e. The van der Waals surface area contributed by atoms with E-state index in [4.69, 9.17) is 22.3 Å². The zero-order valence-corrected chi connectivity index (χ0v) is 16.6. The summed E-state index contributed by atoms with van der Waals surface area (Å²) in [5, 5.41) is 15.0. The highest BCUT2D eigenvalue weighted by Gasteiger charge is 2.30. The molecule has 0 saturated heterocycles. The van der Waals surface area contributed by atoms with Gasteiger partial charge in [0, 0.05) is 0 Å². The Bertz CT molecular complexity index is 645. The monoisotopic (exact) mass is 434 g/mol. The maximum Gasteiger partial charge on any atom is 0.322 e. The highest BCUT2D eigenvalue weighted by Crippen LogP contribution is 2.02. The van der Waals surface area contributed by atoms with Gasteiger partial charge in [0.05, 0.1) is 18.9 Å². The number of carboxylic acid groups (broad SMARTS) is 1. The predicted molar refractivity (Wildman–Crippen MR) is 103 cm³/mol. The third-order valence-electron chi connectivity index (χ3n) is 3.46. The zero-order chi connectivity index (χ0) is 22.6. The number of hydrogen-bond acceptors (Lipinski definition) is 8. The van der Waals surface area contributed by atoms with Crippen molar-refractivity contribution >= 4 is 47.3 Å². The summed E-state index contributed by atoms with van der Waals surface area (Å²) in [6, 6.07) is -3.91. The fourth-order valence-electron chi connectivity index (χ4n) is 2.03. The van der Waals surface area contributed by atoms with Crippen molar-refractivity contribution in [3.8, 4) is 0 Å². The van der Waals surface area contributed by atoms with E-state index in [0.717, 1.165) is 0 Å². The van der Waals surface area contributed by atoms with Gasteiger partial charge in [-0.25, -0.2) is 0 Å². The van der Waals surface area contributed by atoms with Gasteiger partial charge in [-0.3, -0.25) is 28.8 Å². The third kappa shape index (κ3) is 11.5. The molecule has 0 saturated carbocycles. The fraction of sp³-hybridized carbons (Fsp3) is 0.600. The van der Waals surface area contributed by atoms with E-state index in [1.54, 1.807) is 0 Å². The van der Waals surface area contributed by atoms with E-state index < -0.39 is 73.0 Å². The van der Waals surface area contributed by atoms with Crippen molar-refractivity contribution in [1.82, 2.24) is 16.0 Å². The third-order valence-corrected chi connectivity index (χ3v) is 4.10. The lowest BCUT2D eigenvalue weighted by Crippen LogP contribution is -2.57. The van der Waals surface area contributed by atoms with Crippen LogP contribution in [0.25, 0.3) is 0 Å². The van der Waals surface area contributed by atoms with Crippen molar-refractivity contribution in [2.24, 2.45) is 17.2 Å². The molecule has 10 N–H and O–H groups in total. The molecule has 164 valence electrons. The van der Waals surface area contributed by atoms with E-state index in [9.17, 15) is 28.8 Å². The van der Waals surface area contributed by atoms with Crippen molar-refractivity contribution < 1.29 is 33.9 Å². The molecule has 5 amide bonds. The van der Waals surface area contributed by atoms with Gasteiger partial charge >= 0.3 is 5.97 Å². The van der Waals surface area contributed by atoms with Gasteiger partial charge in [-0.05, 0) is 18.4 Å². The van der Waals surface area contributed by atoms with Crippen LogP contribution in [0.4, 0.5) is 0 Å². The van der Waals surface area contributed by atoms with Crippen molar-refractivity contribution in [3.63, 3.8) is 0 Å². The van der Waals surface area contributed by atoms with E-state index in [2.05, 4.69) is 10.6 Å². The number of carbonyl (C=O) groups is 6. The van der Waals surface area contributed by atoms with Gasteiger partial charge in [-0.2, -0.15) is 11.8 Å². The molecule has 0 aromatic rings. The minimum absolute atomic E-state index is 0.319. The van der Waals surface area contributed by atoms with Gasteiger partial charge < -0.3 is 38.3 Å². The Kier molecular flexibility index (Phi) is 12.0. The summed E-state index contributed by atoms with van der Waals surface area (Å²) in [7, 11) is 0. The quantitative estimate of drug-likeness (QED) is 0.141. The van der Waals surface area contributed by atoms with Gasteiger partial charge in [0.25, 0.3) is 0 Å². The van der Waals surface area contributed by atoms with Crippen LogP contribution in [-0.4, -0.2) is 77.3 Å². The Labute approximate surface area is 170 Å². The fourth-order valence-corrected chi connectivity index (χ4v) is 2.52. The summed E-state index contributed by atoms with van der Waals surface area (Å²) < 4.78 is 0. The number of nitrogens with one attached hydrogen (secondary N) is 3. The molecule has 0 rings (SSSR count). The number of carboxylic acids is 1. The molecule has 3 atom stereocenters. The molecule has 0 heterocycles. The van der Waals surface area contributed by atoms with Crippen LogP contribution in [0.15, 0.2) is 0 Å². The molecule has 0 radical (unpaired) electrons. The summed E-state index contributed by atoms with van der Waals surface area (Å²) in [5.41, 5.74) is 15.8. The number of thioether (sulfide) groups is 1. The Balaban J connectivity index is 5.23. The van der Waals surface area contributed by atoms with E-state index in [0.29, 0.717) is 12.2 Å². The largest absolute Gasteiger partial charge is 0.480 e. The maximum absolute atomic E-state index is 12.5. The molecule has 0 bridgehead atoms. The molecule has 0 aromatic heterocycles. The molecule has 3 unspecified atom stereocenters. The van der Waals surface area contributed by atoms with Crippen molar-refractivity contribution in [3.05, 3.63) is 0 Å². The summed E-state index contributed by atoms with van der Waals surface area (Å²) in [5.74, 6) is -5.31. The van der Waals surface area contributed by atoms with Crippen LogP contribution in [-0.2, 0) is 28.8 Å². The first kappa shape index (κ1) is 26.1. The maximum atomic E-state index is 12.5. The molecule has 14 heteroatoms. The zero-order valence-electron chi connectivity index (χ0n) is 15.8. The summed E-state index contributed by atoms with van der Waals surface area (Å²) >= 11 is 1.46. The van der Waals surface area contributed by atoms with E-state index >= 15 is 0 Å². The number of amides is 5. The van der Waals surface area contributed by atoms with Gasteiger partial charge in [-0.1, -0.05) is 0 Å². The number of carbonyl (C=O) groups excluding carboxylic acids is 5. The predicted octanol–water partition coefficient (Wildman–Crippen LogP) is -4.01. The second-order valence-electron chi connectivity index (χ2n) is 5.96. The van der Waals surface area contributed by atoms with Crippen LogP contribution in [0, 0.1) is 0 Å². The van der Waals surface area contributed by atoms with Crippen LogP contribution < -0.4 is 33.2 Å². The molecule has 0 aliphatic carbocycles. The molecule has 13 nitrogen and oxygen atoms in total. The lowest BCUT2D eigenvalue weighted by molar-refractivity contribution is -0.139. The lowest BCUT2D eigenvalue weighted by Gasteiger charge is -2.23. The summed E-state index contributed by atoms with van der Waals surface area (Å²) in [6.07, 6.45) is 0.913. The lowest BCUT2D eigenvalue weighted by atomic mass is 10.1. The van der Waals surface area contributed by atoms with Crippen LogP contribution in [0.2, 0.25) is 0 Å². The van der Waals surface area contributed by atoms with Crippen LogP contribution >= 0.6 is 11.8 Å². The Morgan fingerprint density at radius 3 is 1.83 bits per heavy atom. The van der Waals surface area contributed by atoms with Gasteiger partial charge in [0.1, 0.15) is 18.6 Å². The smallest absolute Gasteiger partial charge is 0.322 e. The number of aliphatic carboxylic acids is 1. The summed E-state index contributed by atoms with van der Waals surface area (Å²) in [6.45, 7) is -0.754. The van der Waals surface area contributed by atoms with Crippen molar-refractivity contribution in [2.45, 2.75) is 37.4 Å². The first-order valence-corrected chi connectivity index (χ1v) is 9.78.